The van der Waals surface area contributed by atoms with Gasteiger partial charge in [-0.2, -0.15) is 4.98 Å². The van der Waals surface area contributed by atoms with Crippen LogP contribution in [0.2, 0.25) is 5.02 Å². The lowest BCUT2D eigenvalue weighted by Crippen LogP contribution is -2.04. The number of rotatable bonds is 5. The molecule has 122 valence electrons. The third-order valence-corrected chi connectivity index (χ3v) is 3.79. The maximum absolute atomic E-state index is 13.1. The first-order valence-electron chi connectivity index (χ1n) is 7.45. The normalized spacial score (nSPS) is 10.5. The van der Waals surface area contributed by atoms with Gasteiger partial charge in [-0.05, 0) is 42.8 Å². The molecule has 0 saturated heterocycles. The van der Waals surface area contributed by atoms with Gasteiger partial charge in [-0.3, -0.25) is 0 Å². The molecule has 0 aliphatic rings. The molecule has 0 atom stereocenters. The van der Waals surface area contributed by atoms with Gasteiger partial charge in [0.05, 0.1) is 0 Å². The average Bonchev–Trinajstić information content (AvgIpc) is 2.57. The molecule has 24 heavy (non-hydrogen) atoms. The largest absolute Gasteiger partial charge is 0.366 e. The first kappa shape index (κ1) is 16.2. The number of benzene rings is 2. The summed E-state index contributed by atoms with van der Waals surface area (Å²) < 4.78 is 13.1. The molecule has 0 saturated carbocycles. The van der Waals surface area contributed by atoms with Gasteiger partial charge in [0.15, 0.2) is 0 Å². The molecule has 0 spiro atoms. The van der Waals surface area contributed by atoms with E-state index in [1.807, 2.05) is 31.2 Å². The fourth-order valence-corrected chi connectivity index (χ4v) is 2.37. The van der Waals surface area contributed by atoms with Crippen LogP contribution in [-0.2, 0) is 6.54 Å². The Bertz CT molecular complexity index is 837. The second-order valence-electron chi connectivity index (χ2n) is 5.35. The van der Waals surface area contributed by atoms with Crippen LogP contribution in [0.3, 0.4) is 0 Å². The molecule has 0 unspecified atom stereocenters. The van der Waals surface area contributed by atoms with E-state index in [4.69, 9.17) is 11.6 Å². The van der Waals surface area contributed by atoms with E-state index < -0.39 is 0 Å². The van der Waals surface area contributed by atoms with Crippen molar-refractivity contribution in [3.8, 4) is 0 Å². The SMILES string of the molecule is Cc1ccc(Nc2nccc(NCc3ccc(F)cc3Cl)n2)cc1. The van der Waals surface area contributed by atoms with Crippen LogP contribution >= 0.6 is 11.6 Å². The van der Waals surface area contributed by atoms with E-state index in [-0.39, 0.29) is 5.82 Å². The van der Waals surface area contributed by atoms with Crippen LogP contribution < -0.4 is 10.6 Å². The maximum Gasteiger partial charge on any atom is 0.229 e. The third-order valence-electron chi connectivity index (χ3n) is 3.44. The quantitative estimate of drug-likeness (QED) is 0.690. The van der Waals surface area contributed by atoms with Gasteiger partial charge < -0.3 is 10.6 Å². The molecule has 0 radical (unpaired) electrons. The first-order valence-corrected chi connectivity index (χ1v) is 7.82. The summed E-state index contributed by atoms with van der Waals surface area (Å²) >= 11 is 6.02. The number of halogens is 2. The second kappa shape index (κ2) is 7.27. The number of anilines is 3. The highest BCUT2D eigenvalue weighted by atomic mass is 35.5. The van der Waals surface area contributed by atoms with Gasteiger partial charge in [0.25, 0.3) is 0 Å². The summed E-state index contributed by atoms with van der Waals surface area (Å²) in [7, 11) is 0. The molecule has 3 rings (SSSR count). The number of hydrogen-bond donors (Lipinski definition) is 2. The van der Waals surface area contributed by atoms with Crippen LogP contribution in [0.5, 0.6) is 0 Å². The minimum Gasteiger partial charge on any atom is -0.366 e. The molecule has 0 aliphatic heterocycles. The Hall–Kier alpha value is -2.66. The summed E-state index contributed by atoms with van der Waals surface area (Å²) in [5.74, 6) is 0.796. The van der Waals surface area contributed by atoms with E-state index in [9.17, 15) is 4.39 Å². The molecular formula is C18H16ClFN4. The molecule has 1 aromatic heterocycles. The van der Waals surface area contributed by atoms with Gasteiger partial charge in [0.2, 0.25) is 5.95 Å². The van der Waals surface area contributed by atoms with Crippen LogP contribution in [0.15, 0.2) is 54.7 Å². The number of nitrogens with zero attached hydrogens (tertiary/aromatic N) is 2. The van der Waals surface area contributed by atoms with Crippen LogP contribution in [-0.4, -0.2) is 9.97 Å². The van der Waals surface area contributed by atoms with Crippen molar-refractivity contribution in [3.63, 3.8) is 0 Å². The topological polar surface area (TPSA) is 49.8 Å². The summed E-state index contributed by atoms with van der Waals surface area (Å²) in [5.41, 5.74) is 2.90. The van der Waals surface area contributed by atoms with E-state index in [2.05, 4.69) is 20.6 Å². The standard InChI is InChI=1S/C18H16ClFN4/c1-12-2-6-15(7-3-12)23-18-21-9-8-17(24-18)22-11-13-4-5-14(20)10-16(13)19/h2-10H,11H2,1H3,(H2,21,22,23,24). The number of nitrogens with one attached hydrogen (secondary N) is 2. The highest BCUT2D eigenvalue weighted by Crippen LogP contribution is 2.19. The van der Waals surface area contributed by atoms with Crippen LogP contribution in [0.1, 0.15) is 11.1 Å². The first-order chi connectivity index (χ1) is 11.6. The van der Waals surface area contributed by atoms with Crippen molar-refractivity contribution >= 4 is 29.1 Å². The van der Waals surface area contributed by atoms with E-state index in [0.717, 1.165) is 11.3 Å². The Kier molecular flexibility index (Phi) is 4.91. The average molecular weight is 343 g/mol. The summed E-state index contributed by atoms with van der Waals surface area (Å²) in [5, 5.41) is 6.69. The maximum atomic E-state index is 13.1. The molecule has 0 fully saturated rings. The predicted octanol–water partition coefficient (Wildman–Crippen LogP) is 4.93. The van der Waals surface area contributed by atoms with Crippen molar-refractivity contribution in [1.82, 2.24) is 9.97 Å². The van der Waals surface area contributed by atoms with Crippen molar-refractivity contribution in [1.29, 1.82) is 0 Å². The second-order valence-corrected chi connectivity index (χ2v) is 5.75. The van der Waals surface area contributed by atoms with Crippen molar-refractivity contribution in [3.05, 3.63) is 76.7 Å². The van der Waals surface area contributed by atoms with E-state index in [0.29, 0.717) is 23.3 Å². The van der Waals surface area contributed by atoms with Gasteiger partial charge in [0.1, 0.15) is 11.6 Å². The Labute approximate surface area is 144 Å². The zero-order valence-electron chi connectivity index (χ0n) is 13.1. The Morgan fingerprint density at radius 2 is 1.88 bits per heavy atom. The predicted molar refractivity (Wildman–Crippen MR) is 95.2 cm³/mol. The van der Waals surface area contributed by atoms with E-state index in [1.165, 1.54) is 17.7 Å². The lowest BCUT2D eigenvalue weighted by molar-refractivity contribution is 0.627. The molecule has 2 N–H and O–H groups in total. The van der Waals surface area contributed by atoms with Gasteiger partial charge >= 0.3 is 0 Å². The molecule has 6 heteroatoms. The molecule has 2 aromatic carbocycles. The lowest BCUT2D eigenvalue weighted by Gasteiger charge is -2.09. The monoisotopic (exact) mass is 342 g/mol. The minimum absolute atomic E-state index is 0.352. The van der Waals surface area contributed by atoms with Crippen molar-refractivity contribution < 1.29 is 4.39 Å². The van der Waals surface area contributed by atoms with E-state index >= 15 is 0 Å². The molecule has 1 heterocycles. The van der Waals surface area contributed by atoms with Gasteiger partial charge in [-0.1, -0.05) is 35.4 Å². The molecule has 0 aliphatic carbocycles. The van der Waals surface area contributed by atoms with Crippen molar-refractivity contribution in [2.75, 3.05) is 10.6 Å². The Morgan fingerprint density at radius 1 is 1.08 bits per heavy atom. The molecule has 0 bridgehead atoms. The summed E-state index contributed by atoms with van der Waals surface area (Å²) in [4.78, 5) is 8.61. The lowest BCUT2D eigenvalue weighted by atomic mass is 10.2. The summed E-state index contributed by atoms with van der Waals surface area (Å²) in [6.45, 7) is 2.48. The van der Waals surface area contributed by atoms with Gasteiger partial charge in [-0.25, -0.2) is 9.37 Å². The Morgan fingerprint density at radius 3 is 2.62 bits per heavy atom. The number of hydrogen-bond acceptors (Lipinski definition) is 4. The summed E-state index contributed by atoms with van der Waals surface area (Å²) in [6.07, 6.45) is 1.66. The highest BCUT2D eigenvalue weighted by molar-refractivity contribution is 6.31. The molecule has 4 nitrogen and oxygen atoms in total. The fourth-order valence-electron chi connectivity index (χ4n) is 2.13. The van der Waals surface area contributed by atoms with Crippen LogP contribution in [0.4, 0.5) is 21.8 Å². The third kappa shape index (κ3) is 4.20. The van der Waals surface area contributed by atoms with Crippen molar-refractivity contribution in [2.24, 2.45) is 0 Å². The van der Waals surface area contributed by atoms with Gasteiger partial charge in [-0.15, -0.1) is 0 Å². The zero-order valence-corrected chi connectivity index (χ0v) is 13.8. The fraction of sp³-hybridized carbons (Fsp3) is 0.111. The smallest absolute Gasteiger partial charge is 0.229 e. The van der Waals surface area contributed by atoms with Crippen LogP contribution in [0, 0.1) is 12.7 Å². The zero-order chi connectivity index (χ0) is 16.9. The minimum atomic E-state index is -0.352. The van der Waals surface area contributed by atoms with Gasteiger partial charge in [0, 0.05) is 23.5 Å². The number of aryl methyl sites for hydroxylation is 1. The molecular weight excluding hydrogens is 327 g/mol. The highest BCUT2D eigenvalue weighted by Gasteiger charge is 2.04. The molecule has 0 amide bonds. The number of aromatic nitrogens is 2. The van der Waals surface area contributed by atoms with Crippen LogP contribution in [0.25, 0.3) is 0 Å². The Balaban J connectivity index is 1.67. The summed E-state index contributed by atoms with van der Waals surface area (Å²) in [6, 6.07) is 14.1. The van der Waals surface area contributed by atoms with Crippen molar-refractivity contribution in [2.45, 2.75) is 13.5 Å². The molecule has 3 aromatic rings. The van der Waals surface area contributed by atoms with E-state index in [1.54, 1.807) is 18.3 Å².